The summed E-state index contributed by atoms with van der Waals surface area (Å²) in [6.45, 7) is 7.13. The van der Waals surface area contributed by atoms with Gasteiger partial charge in [0.25, 0.3) is 0 Å². The quantitative estimate of drug-likeness (QED) is 0.0222. The van der Waals surface area contributed by atoms with Crippen molar-refractivity contribution in [3.8, 4) is 0 Å². The SMILES string of the molecule is CCCCCCCCCCCCCCCCCCCCCC(=O)O[C@H](COC(=O)CCCCCCCCCCCCCCCCCC)COP(=O)(O)OC[C@@H](O)COP(=O)(O)OC[C@@H](COC(=O)CCCCCCCCC)OC(=O)CCCCCCCCC(C)C. The third-order valence-corrected chi connectivity index (χ3v) is 18.7. The van der Waals surface area contributed by atoms with E-state index in [1.165, 1.54) is 186 Å². The van der Waals surface area contributed by atoms with Gasteiger partial charge in [0.05, 0.1) is 26.4 Å². The maximum absolute atomic E-state index is 13.0. The highest BCUT2D eigenvalue weighted by molar-refractivity contribution is 7.47. The molecule has 0 aromatic carbocycles. The fourth-order valence-electron chi connectivity index (χ4n) is 11.0. The molecule has 0 saturated carbocycles. The highest BCUT2D eigenvalue weighted by Crippen LogP contribution is 2.45. The lowest BCUT2D eigenvalue weighted by Crippen LogP contribution is -2.30. The molecule has 0 aromatic heterocycles. The van der Waals surface area contributed by atoms with Crippen molar-refractivity contribution >= 4 is 39.5 Å². The van der Waals surface area contributed by atoms with Gasteiger partial charge in [-0.3, -0.25) is 37.3 Å². The first kappa shape index (κ1) is 89.1. The molecule has 0 spiro atoms. The van der Waals surface area contributed by atoms with Crippen LogP contribution in [0.15, 0.2) is 0 Å². The minimum atomic E-state index is -4.95. The highest BCUT2D eigenvalue weighted by Gasteiger charge is 2.30. The Morgan fingerprint density at radius 2 is 0.505 bits per heavy atom. The van der Waals surface area contributed by atoms with Crippen molar-refractivity contribution in [3.63, 3.8) is 0 Å². The van der Waals surface area contributed by atoms with Crippen LogP contribution in [0.3, 0.4) is 0 Å². The average Bonchev–Trinajstić information content (AvgIpc) is 3.56. The van der Waals surface area contributed by atoms with E-state index in [0.717, 1.165) is 103 Å². The van der Waals surface area contributed by atoms with Crippen molar-refractivity contribution < 1.29 is 80.2 Å². The zero-order chi connectivity index (χ0) is 67.0. The van der Waals surface area contributed by atoms with Gasteiger partial charge in [-0.05, 0) is 31.6 Å². The normalized spacial score (nSPS) is 14.0. The number of carbonyl (C=O) groups is 4. The molecule has 0 heterocycles. The Hall–Kier alpha value is -1.94. The second kappa shape index (κ2) is 65.4. The van der Waals surface area contributed by atoms with E-state index >= 15 is 0 Å². The number of phosphoric acid groups is 2. The fourth-order valence-corrected chi connectivity index (χ4v) is 12.6. The second-order valence-corrected chi connectivity index (χ2v) is 29.4. The summed E-state index contributed by atoms with van der Waals surface area (Å²) < 4.78 is 68.2. The van der Waals surface area contributed by atoms with Crippen LogP contribution in [0.1, 0.15) is 375 Å². The van der Waals surface area contributed by atoms with E-state index in [4.69, 9.17) is 37.0 Å². The maximum atomic E-state index is 13.0. The monoisotopic (exact) mass is 1340 g/mol. The van der Waals surface area contributed by atoms with Crippen molar-refractivity contribution in [2.45, 2.75) is 393 Å². The Morgan fingerprint density at radius 3 is 0.747 bits per heavy atom. The number of hydrogen-bond acceptors (Lipinski definition) is 15. The zero-order valence-electron chi connectivity index (χ0n) is 59.0. The summed E-state index contributed by atoms with van der Waals surface area (Å²) in [6.07, 6.45) is 53.2. The first-order chi connectivity index (χ1) is 44.0. The molecule has 0 bridgehead atoms. The van der Waals surface area contributed by atoms with Crippen molar-refractivity contribution in [1.82, 2.24) is 0 Å². The Kier molecular flexibility index (Phi) is 64.0. The van der Waals surface area contributed by atoms with Gasteiger partial charge in [-0.15, -0.1) is 0 Å². The van der Waals surface area contributed by atoms with Crippen LogP contribution in [0, 0.1) is 5.92 Å². The molecule has 0 aliphatic rings. The molecule has 0 amide bonds. The standard InChI is InChI=1S/C72H140O17P2/c1-6-9-12-15-18-20-22-24-26-28-29-30-32-34-36-38-41-47-52-57-71(76)88-67(62-83-70(75)56-51-46-40-37-35-33-31-27-25-23-21-19-16-13-10-7-2)63-86-90(78,79)84-59-66(73)60-85-91(80,81)87-64-68(61-82-69(74)55-50-45-39-17-14-11-8-3)89-72(77)58-53-48-43-42-44-49-54-65(4)5/h65-68,73H,6-64H2,1-5H3,(H,78,79)(H,80,81)/t66-,67-,68-/m1/s1. The molecule has 91 heavy (non-hydrogen) atoms. The Bertz CT molecular complexity index is 1750. The molecule has 0 fully saturated rings. The number of rotatable bonds is 72. The van der Waals surface area contributed by atoms with Crippen LogP contribution < -0.4 is 0 Å². The van der Waals surface area contributed by atoms with Gasteiger partial charge in [-0.1, -0.05) is 324 Å². The van der Waals surface area contributed by atoms with Crippen LogP contribution in [0.2, 0.25) is 0 Å². The Labute approximate surface area is 556 Å². The lowest BCUT2D eigenvalue weighted by molar-refractivity contribution is -0.161. The number of phosphoric ester groups is 2. The largest absolute Gasteiger partial charge is 0.472 e. The van der Waals surface area contributed by atoms with Gasteiger partial charge in [-0.25, -0.2) is 9.13 Å². The smallest absolute Gasteiger partial charge is 0.462 e. The molecule has 540 valence electrons. The lowest BCUT2D eigenvalue weighted by atomic mass is 10.0. The molecule has 0 rings (SSSR count). The number of unbranched alkanes of at least 4 members (excludes halogenated alkanes) is 44. The van der Waals surface area contributed by atoms with Crippen molar-refractivity contribution in [3.05, 3.63) is 0 Å². The molecule has 3 N–H and O–H groups in total. The van der Waals surface area contributed by atoms with E-state index < -0.39 is 97.5 Å². The van der Waals surface area contributed by atoms with E-state index in [1.54, 1.807) is 0 Å². The average molecular weight is 1340 g/mol. The molecule has 0 radical (unpaired) electrons. The molecule has 19 heteroatoms. The van der Waals surface area contributed by atoms with E-state index in [-0.39, 0.29) is 25.7 Å². The van der Waals surface area contributed by atoms with Crippen LogP contribution >= 0.6 is 15.6 Å². The number of hydrogen-bond donors (Lipinski definition) is 3. The third-order valence-electron chi connectivity index (χ3n) is 16.8. The van der Waals surface area contributed by atoms with E-state index in [0.29, 0.717) is 31.6 Å². The van der Waals surface area contributed by atoms with Gasteiger partial charge in [-0.2, -0.15) is 0 Å². The molecular formula is C72H140O17P2. The first-order valence-corrected chi connectivity index (χ1v) is 40.6. The maximum Gasteiger partial charge on any atom is 0.472 e. The van der Waals surface area contributed by atoms with Gasteiger partial charge in [0.1, 0.15) is 19.3 Å². The number of esters is 4. The van der Waals surface area contributed by atoms with E-state index in [9.17, 15) is 43.2 Å². The highest BCUT2D eigenvalue weighted by atomic mass is 31.2. The predicted molar refractivity (Wildman–Crippen MR) is 368 cm³/mol. The van der Waals surface area contributed by atoms with Crippen molar-refractivity contribution in [1.29, 1.82) is 0 Å². The van der Waals surface area contributed by atoms with E-state index in [2.05, 4.69) is 34.6 Å². The predicted octanol–water partition coefficient (Wildman–Crippen LogP) is 20.9. The Balaban J connectivity index is 5.16. The molecule has 0 aromatic rings. The molecule has 0 aliphatic carbocycles. The van der Waals surface area contributed by atoms with Crippen LogP contribution in [-0.4, -0.2) is 96.7 Å². The number of carbonyl (C=O) groups excluding carboxylic acids is 4. The lowest BCUT2D eigenvalue weighted by Gasteiger charge is -2.21. The summed E-state index contributed by atoms with van der Waals surface area (Å²) in [5, 5.41) is 10.6. The van der Waals surface area contributed by atoms with Gasteiger partial charge >= 0.3 is 39.5 Å². The van der Waals surface area contributed by atoms with Crippen molar-refractivity contribution in [2.24, 2.45) is 5.92 Å². The molecular weight excluding hydrogens is 1200 g/mol. The molecule has 0 saturated heterocycles. The molecule has 0 aliphatic heterocycles. The fraction of sp³-hybridized carbons (Fsp3) is 0.944. The summed E-state index contributed by atoms with van der Waals surface area (Å²) >= 11 is 0. The van der Waals surface area contributed by atoms with Crippen LogP contribution in [0.25, 0.3) is 0 Å². The van der Waals surface area contributed by atoms with E-state index in [1.807, 2.05) is 0 Å². The van der Waals surface area contributed by atoms with Gasteiger partial charge < -0.3 is 33.8 Å². The zero-order valence-corrected chi connectivity index (χ0v) is 60.8. The van der Waals surface area contributed by atoms with Gasteiger partial charge in [0.2, 0.25) is 0 Å². The number of ether oxygens (including phenoxy) is 4. The summed E-state index contributed by atoms with van der Waals surface area (Å²) in [7, 11) is -9.89. The summed E-state index contributed by atoms with van der Waals surface area (Å²) in [5.41, 5.74) is 0. The summed E-state index contributed by atoms with van der Waals surface area (Å²) in [6, 6.07) is 0. The first-order valence-electron chi connectivity index (χ1n) is 37.6. The molecule has 17 nitrogen and oxygen atoms in total. The second-order valence-electron chi connectivity index (χ2n) is 26.5. The number of aliphatic hydroxyl groups is 1. The minimum absolute atomic E-state index is 0.102. The van der Waals surface area contributed by atoms with Gasteiger partial charge in [0.15, 0.2) is 12.2 Å². The topological polar surface area (TPSA) is 237 Å². The van der Waals surface area contributed by atoms with Gasteiger partial charge in [0, 0.05) is 25.7 Å². The third kappa shape index (κ3) is 66.5. The van der Waals surface area contributed by atoms with Crippen molar-refractivity contribution in [2.75, 3.05) is 39.6 Å². The minimum Gasteiger partial charge on any atom is -0.462 e. The van der Waals surface area contributed by atoms with Crippen LogP contribution in [0.4, 0.5) is 0 Å². The van der Waals surface area contributed by atoms with Crippen LogP contribution in [0.5, 0.6) is 0 Å². The summed E-state index contributed by atoms with van der Waals surface area (Å²) in [4.78, 5) is 72.4. The number of aliphatic hydroxyl groups excluding tert-OH is 1. The summed E-state index contributed by atoms with van der Waals surface area (Å²) in [5.74, 6) is -1.46. The Morgan fingerprint density at radius 1 is 0.297 bits per heavy atom. The molecule has 5 atom stereocenters. The molecule has 2 unspecified atom stereocenters. The van der Waals surface area contributed by atoms with Crippen LogP contribution in [-0.2, 0) is 65.4 Å².